The van der Waals surface area contributed by atoms with Gasteiger partial charge in [-0.25, -0.2) is 0 Å². The molecule has 1 heterocycles. The second kappa shape index (κ2) is 6.12. The molecule has 2 N–H and O–H groups in total. The number of carbonyl (C=O) groups excluding carboxylic acids is 1. The fourth-order valence-corrected chi connectivity index (χ4v) is 2.28. The van der Waals surface area contributed by atoms with Crippen LogP contribution in [0.2, 0.25) is 5.02 Å². The number of anilines is 1. The molecular weight excluding hydrogens is 268 g/mol. The highest BCUT2D eigenvalue weighted by atomic mass is 35.5. The molecule has 0 saturated carbocycles. The van der Waals surface area contributed by atoms with Crippen molar-refractivity contribution in [3.8, 4) is 11.5 Å². The molecule has 1 aliphatic heterocycles. The van der Waals surface area contributed by atoms with Crippen LogP contribution in [-0.2, 0) is 4.79 Å². The maximum Gasteiger partial charge on any atom is 0.241 e. The van der Waals surface area contributed by atoms with E-state index in [-0.39, 0.29) is 11.9 Å². The number of carbonyl (C=O) groups is 1. The van der Waals surface area contributed by atoms with E-state index in [1.54, 1.807) is 12.1 Å². The molecule has 2 rings (SSSR count). The van der Waals surface area contributed by atoms with E-state index >= 15 is 0 Å². The number of halogens is 1. The number of benzene rings is 1. The highest BCUT2D eigenvalue weighted by Gasteiger charge is 2.23. The average molecular weight is 285 g/mol. The monoisotopic (exact) mass is 284 g/mol. The maximum absolute atomic E-state index is 12.0. The summed E-state index contributed by atoms with van der Waals surface area (Å²) in [6.07, 6.45) is 1.86. The lowest BCUT2D eigenvalue weighted by atomic mass is 10.2. The Hall–Kier alpha value is -1.46. The van der Waals surface area contributed by atoms with Crippen LogP contribution in [0.15, 0.2) is 12.1 Å². The zero-order chi connectivity index (χ0) is 13.8. The van der Waals surface area contributed by atoms with Gasteiger partial charge in [-0.3, -0.25) is 4.79 Å². The van der Waals surface area contributed by atoms with Gasteiger partial charge in [-0.1, -0.05) is 11.6 Å². The molecule has 0 radical (unpaired) electrons. The Balaban J connectivity index is 2.17. The SMILES string of the molecule is COc1cc(Cl)c(NC(=O)[C@H]2CCCN2)cc1OC. The minimum absolute atomic E-state index is 0.0772. The molecule has 0 unspecified atom stereocenters. The Bertz CT molecular complexity index is 473. The van der Waals surface area contributed by atoms with Crippen LogP contribution in [0.4, 0.5) is 5.69 Å². The smallest absolute Gasteiger partial charge is 0.241 e. The van der Waals surface area contributed by atoms with Gasteiger partial charge in [-0.2, -0.15) is 0 Å². The van der Waals surface area contributed by atoms with Crippen LogP contribution < -0.4 is 20.1 Å². The first-order valence-electron chi connectivity index (χ1n) is 6.11. The number of methoxy groups -OCH3 is 2. The van der Waals surface area contributed by atoms with Crippen molar-refractivity contribution in [3.63, 3.8) is 0 Å². The summed E-state index contributed by atoms with van der Waals surface area (Å²) in [6.45, 7) is 0.873. The minimum atomic E-state index is -0.149. The van der Waals surface area contributed by atoms with Gasteiger partial charge < -0.3 is 20.1 Å². The van der Waals surface area contributed by atoms with Crippen LogP contribution >= 0.6 is 11.6 Å². The van der Waals surface area contributed by atoms with Crippen molar-refractivity contribution in [3.05, 3.63) is 17.2 Å². The molecule has 1 aliphatic rings. The predicted octanol–water partition coefficient (Wildman–Crippen LogP) is 2.05. The lowest BCUT2D eigenvalue weighted by Crippen LogP contribution is -2.35. The van der Waals surface area contributed by atoms with Crippen molar-refractivity contribution in [2.24, 2.45) is 0 Å². The van der Waals surface area contributed by atoms with Crippen LogP contribution in [0.1, 0.15) is 12.8 Å². The number of hydrogen-bond donors (Lipinski definition) is 2. The first-order valence-corrected chi connectivity index (χ1v) is 6.49. The summed E-state index contributed by atoms with van der Waals surface area (Å²) in [5.74, 6) is 0.984. The lowest BCUT2D eigenvalue weighted by Gasteiger charge is -2.15. The first-order chi connectivity index (χ1) is 9.15. The van der Waals surface area contributed by atoms with E-state index < -0.39 is 0 Å². The summed E-state index contributed by atoms with van der Waals surface area (Å²) in [7, 11) is 3.07. The number of hydrogen-bond acceptors (Lipinski definition) is 4. The van der Waals surface area contributed by atoms with E-state index in [1.165, 1.54) is 14.2 Å². The van der Waals surface area contributed by atoms with Crippen molar-refractivity contribution >= 4 is 23.2 Å². The normalized spacial score (nSPS) is 18.2. The summed E-state index contributed by atoms with van der Waals surface area (Å²) in [5, 5.41) is 6.37. The number of rotatable bonds is 4. The van der Waals surface area contributed by atoms with E-state index in [4.69, 9.17) is 21.1 Å². The number of ether oxygens (including phenoxy) is 2. The van der Waals surface area contributed by atoms with E-state index in [1.807, 2.05) is 0 Å². The second-order valence-electron chi connectivity index (χ2n) is 4.33. The molecular formula is C13H17ClN2O3. The van der Waals surface area contributed by atoms with Crippen molar-refractivity contribution < 1.29 is 14.3 Å². The standard InChI is InChI=1S/C13H17ClN2O3/c1-18-11-6-8(14)10(7-12(11)19-2)16-13(17)9-4-3-5-15-9/h6-7,9,15H,3-5H2,1-2H3,(H,16,17)/t9-/m1/s1. The second-order valence-corrected chi connectivity index (χ2v) is 4.73. The molecule has 1 saturated heterocycles. The number of amides is 1. The van der Waals surface area contributed by atoms with E-state index in [9.17, 15) is 4.79 Å². The van der Waals surface area contributed by atoms with Gasteiger partial charge in [-0.05, 0) is 19.4 Å². The highest BCUT2D eigenvalue weighted by Crippen LogP contribution is 2.36. The summed E-state index contributed by atoms with van der Waals surface area (Å²) in [6, 6.07) is 3.13. The van der Waals surface area contributed by atoms with E-state index in [0.717, 1.165) is 19.4 Å². The zero-order valence-corrected chi connectivity index (χ0v) is 11.7. The fourth-order valence-electron chi connectivity index (χ4n) is 2.08. The van der Waals surface area contributed by atoms with Gasteiger partial charge in [0.2, 0.25) is 5.91 Å². The third-order valence-corrected chi connectivity index (χ3v) is 3.42. The third-order valence-electron chi connectivity index (χ3n) is 3.11. The predicted molar refractivity (Wildman–Crippen MR) is 74.2 cm³/mol. The molecule has 0 spiro atoms. The molecule has 0 aliphatic carbocycles. The van der Waals surface area contributed by atoms with Crippen molar-refractivity contribution in [1.29, 1.82) is 0 Å². The first kappa shape index (κ1) is 14.0. The third kappa shape index (κ3) is 3.11. The number of nitrogens with one attached hydrogen (secondary N) is 2. The van der Waals surface area contributed by atoms with Crippen molar-refractivity contribution in [2.45, 2.75) is 18.9 Å². The average Bonchev–Trinajstić information content (AvgIpc) is 2.94. The van der Waals surface area contributed by atoms with Gasteiger partial charge in [-0.15, -0.1) is 0 Å². The molecule has 5 nitrogen and oxygen atoms in total. The van der Waals surface area contributed by atoms with Gasteiger partial charge in [0, 0.05) is 12.1 Å². The Morgan fingerprint density at radius 3 is 2.63 bits per heavy atom. The molecule has 1 aromatic carbocycles. The largest absolute Gasteiger partial charge is 0.493 e. The maximum atomic E-state index is 12.0. The quantitative estimate of drug-likeness (QED) is 0.888. The van der Waals surface area contributed by atoms with Crippen molar-refractivity contribution in [2.75, 3.05) is 26.1 Å². The summed E-state index contributed by atoms with van der Waals surface area (Å²) >= 11 is 6.12. The van der Waals surface area contributed by atoms with Crippen LogP contribution in [0.3, 0.4) is 0 Å². The van der Waals surface area contributed by atoms with Crippen LogP contribution in [0.5, 0.6) is 11.5 Å². The fraction of sp³-hybridized carbons (Fsp3) is 0.462. The Labute approximate surface area is 117 Å². The van der Waals surface area contributed by atoms with Crippen LogP contribution in [0, 0.1) is 0 Å². The molecule has 1 fully saturated rings. The van der Waals surface area contributed by atoms with Gasteiger partial charge >= 0.3 is 0 Å². The van der Waals surface area contributed by atoms with Crippen LogP contribution in [-0.4, -0.2) is 32.7 Å². The Morgan fingerprint density at radius 2 is 2.05 bits per heavy atom. The van der Waals surface area contributed by atoms with Crippen molar-refractivity contribution in [1.82, 2.24) is 5.32 Å². The summed E-state index contributed by atoms with van der Waals surface area (Å²) < 4.78 is 10.3. The minimum Gasteiger partial charge on any atom is -0.493 e. The van der Waals surface area contributed by atoms with Gasteiger partial charge in [0.15, 0.2) is 11.5 Å². The van der Waals surface area contributed by atoms with Gasteiger partial charge in [0.1, 0.15) is 0 Å². The molecule has 0 aromatic heterocycles. The molecule has 0 bridgehead atoms. The lowest BCUT2D eigenvalue weighted by molar-refractivity contribution is -0.117. The summed E-state index contributed by atoms with van der Waals surface area (Å²) in [4.78, 5) is 12.0. The van der Waals surface area contributed by atoms with E-state index in [0.29, 0.717) is 22.2 Å². The molecule has 19 heavy (non-hydrogen) atoms. The Morgan fingerprint density at radius 1 is 1.37 bits per heavy atom. The van der Waals surface area contributed by atoms with Crippen LogP contribution in [0.25, 0.3) is 0 Å². The molecule has 6 heteroatoms. The van der Waals surface area contributed by atoms with E-state index in [2.05, 4.69) is 10.6 Å². The zero-order valence-electron chi connectivity index (χ0n) is 11.0. The highest BCUT2D eigenvalue weighted by molar-refractivity contribution is 6.34. The molecule has 1 aromatic rings. The molecule has 104 valence electrons. The van der Waals surface area contributed by atoms with Gasteiger partial charge in [0.25, 0.3) is 0 Å². The van der Waals surface area contributed by atoms with Gasteiger partial charge in [0.05, 0.1) is 31.0 Å². The molecule has 1 amide bonds. The topological polar surface area (TPSA) is 59.6 Å². The summed E-state index contributed by atoms with van der Waals surface area (Å²) in [5.41, 5.74) is 0.526. The Kier molecular flexibility index (Phi) is 4.50. The molecule has 1 atom stereocenters.